The van der Waals surface area contributed by atoms with Gasteiger partial charge in [0.2, 0.25) is 0 Å². The molecule has 3 nitrogen and oxygen atoms in total. The predicted molar refractivity (Wildman–Crippen MR) is 80.4 cm³/mol. The summed E-state index contributed by atoms with van der Waals surface area (Å²) in [6, 6.07) is 0. The summed E-state index contributed by atoms with van der Waals surface area (Å²) in [4.78, 5) is 0. The van der Waals surface area contributed by atoms with Crippen LogP contribution < -0.4 is 0 Å². The van der Waals surface area contributed by atoms with Gasteiger partial charge in [-0.15, -0.1) is 0 Å². The third kappa shape index (κ3) is 3.55. The molecular formula is C17H32O3. The van der Waals surface area contributed by atoms with Crippen LogP contribution >= 0.6 is 0 Å². The third-order valence-corrected chi connectivity index (χ3v) is 5.47. The van der Waals surface area contributed by atoms with Crippen molar-refractivity contribution in [1.82, 2.24) is 0 Å². The predicted octanol–water partition coefficient (Wildman–Crippen LogP) is 3.74. The molecule has 3 heteroatoms. The first kappa shape index (κ1) is 16.3. The minimum atomic E-state index is -0.152. The summed E-state index contributed by atoms with van der Waals surface area (Å²) in [5.41, 5.74) is -0.0648. The van der Waals surface area contributed by atoms with E-state index in [1.54, 1.807) is 7.11 Å². The highest BCUT2D eigenvalue weighted by Crippen LogP contribution is 2.47. The topological polar surface area (TPSA) is 38.7 Å². The zero-order valence-electron chi connectivity index (χ0n) is 13.8. The van der Waals surface area contributed by atoms with Crippen LogP contribution in [0, 0.1) is 17.3 Å². The second-order valence-corrected chi connectivity index (χ2v) is 7.98. The molecular weight excluding hydrogens is 252 g/mol. The van der Waals surface area contributed by atoms with Crippen LogP contribution in [0.1, 0.15) is 66.2 Å². The molecule has 3 atom stereocenters. The van der Waals surface area contributed by atoms with Crippen molar-refractivity contribution >= 4 is 0 Å². The molecule has 0 aliphatic heterocycles. The Hall–Kier alpha value is -0.120. The third-order valence-electron chi connectivity index (χ3n) is 5.47. The van der Waals surface area contributed by atoms with E-state index in [0.717, 1.165) is 32.1 Å². The number of hydrogen-bond acceptors (Lipinski definition) is 3. The van der Waals surface area contributed by atoms with Gasteiger partial charge >= 0.3 is 0 Å². The second kappa shape index (κ2) is 5.94. The number of hydrogen-bond donors (Lipinski definition) is 1. The molecule has 0 aromatic rings. The summed E-state index contributed by atoms with van der Waals surface area (Å²) in [6.45, 7) is 8.83. The number of fused-ring (bicyclic) bond motifs is 2. The van der Waals surface area contributed by atoms with Gasteiger partial charge in [-0.25, -0.2) is 0 Å². The van der Waals surface area contributed by atoms with Crippen LogP contribution in [0.25, 0.3) is 0 Å². The van der Waals surface area contributed by atoms with E-state index in [1.165, 1.54) is 6.42 Å². The molecule has 0 aromatic heterocycles. The molecule has 0 saturated heterocycles. The molecule has 20 heavy (non-hydrogen) atoms. The van der Waals surface area contributed by atoms with Crippen molar-refractivity contribution in [1.29, 1.82) is 0 Å². The fourth-order valence-corrected chi connectivity index (χ4v) is 4.22. The van der Waals surface area contributed by atoms with Crippen LogP contribution in [0.3, 0.4) is 0 Å². The monoisotopic (exact) mass is 284 g/mol. The molecule has 2 bridgehead atoms. The van der Waals surface area contributed by atoms with Crippen molar-refractivity contribution < 1.29 is 14.6 Å². The van der Waals surface area contributed by atoms with Crippen LogP contribution in [0.4, 0.5) is 0 Å². The summed E-state index contributed by atoms with van der Waals surface area (Å²) >= 11 is 0. The van der Waals surface area contributed by atoms with Crippen molar-refractivity contribution in [2.45, 2.75) is 84.2 Å². The lowest BCUT2D eigenvalue weighted by molar-refractivity contribution is -0.257. The summed E-state index contributed by atoms with van der Waals surface area (Å²) in [6.07, 6.45) is 6.07. The van der Waals surface area contributed by atoms with Crippen LogP contribution in [0.2, 0.25) is 0 Å². The van der Waals surface area contributed by atoms with E-state index < -0.39 is 0 Å². The zero-order valence-corrected chi connectivity index (χ0v) is 13.8. The van der Waals surface area contributed by atoms with Gasteiger partial charge in [0.15, 0.2) is 6.29 Å². The number of aliphatic hydroxyl groups is 1. The molecule has 2 saturated carbocycles. The Morgan fingerprint density at radius 2 is 1.75 bits per heavy atom. The van der Waals surface area contributed by atoms with E-state index in [9.17, 15) is 5.11 Å². The average Bonchev–Trinajstić information content (AvgIpc) is 2.34. The molecule has 2 aliphatic carbocycles. The minimum Gasteiger partial charge on any atom is -0.393 e. The second-order valence-electron chi connectivity index (χ2n) is 7.98. The highest BCUT2D eigenvalue weighted by Gasteiger charge is 2.45. The van der Waals surface area contributed by atoms with Crippen molar-refractivity contribution in [3.63, 3.8) is 0 Å². The van der Waals surface area contributed by atoms with Crippen molar-refractivity contribution in [2.75, 3.05) is 7.11 Å². The molecule has 118 valence electrons. The highest BCUT2D eigenvalue weighted by atomic mass is 16.7. The van der Waals surface area contributed by atoms with E-state index in [1.807, 2.05) is 0 Å². The van der Waals surface area contributed by atoms with Gasteiger partial charge in [-0.3, -0.25) is 0 Å². The normalized spacial score (nSPS) is 39.6. The molecule has 0 spiro atoms. The number of ether oxygens (including phenoxy) is 2. The van der Waals surface area contributed by atoms with Crippen molar-refractivity contribution in [3.8, 4) is 0 Å². The highest BCUT2D eigenvalue weighted by molar-refractivity contribution is 4.94. The van der Waals surface area contributed by atoms with Crippen LogP contribution in [0.15, 0.2) is 0 Å². The van der Waals surface area contributed by atoms with Gasteiger partial charge in [0.25, 0.3) is 0 Å². The fraction of sp³-hybridized carbons (Fsp3) is 1.00. The maximum Gasteiger partial charge on any atom is 0.162 e. The quantitative estimate of drug-likeness (QED) is 0.782. The first-order valence-electron chi connectivity index (χ1n) is 8.16. The summed E-state index contributed by atoms with van der Waals surface area (Å²) in [5.74, 6) is 1.23. The molecule has 2 rings (SSSR count). The van der Waals surface area contributed by atoms with E-state index in [2.05, 4.69) is 27.7 Å². The molecule has 1 N–H and O–H groups in total. The molecule has 0 aromatic carbocycles. The lowest BCUT2D eigenvalue weighted by atomic mass is 9.65. The Kier molecular flexibility index (Phi) is 4.83. The zero-order chi connectivity index (χ0) is 15.0. The Morgan fingerprint density at radius 1 is 1.20 bits per heavy atom. The molecule has 2 fully saturated rings. The number of aliphatic hydroxyl groups excluding tert-OH is 1. The van der Waals surface area contributed by atoms with Crippen molar-refractivity contribution in [3.05, 3.63) is 0 Å². The smallest absolute Gasteiger partial charge is 0.162 e. The van der Waals surface area contributed by atoms with Gasteiger partial charge in [0.05, 0.1) is 11.7 Å². The first-order chi connectivity index (χ1) is 9.28. The molecule has 0 heterocycles. The van der Waals surface area contributed by atoms with Gasteiger partial charge in [-0.1, -0.05) is 20.8 Å². The fourth-order valence-electron chi connectivity index (χ4n) is 4.22. The van der Waals surface area contributed by atoms with Crippen molar-refractivity contribution in [2.24, 2.45) is 17.3 Å². The largest absolute Gasteiger partial charge is 0.393 e. The van der Waals surface area contributed by atoms with E-state index in [-0.39, 0.29) is 23.4 Å². The Labute approximate surface area is 124 Å². The van der Waals surface area contributed by atoms with Gasteiger partial charge in [0.1, 0.15) is 0 Å². The summed E-state index contributed by atoms with van der Waals surface area (Å²) in [7, 11) is 1.75. The molecule has 0 amide bonds. The van der Waals surface area contributed by atoms with E-state index in [4.69, 9.17) is 9.47 Å². The van der Waals surface area contributed by atoms with Gasteiger partial charge in [-0.2, -0.15) is 0 Å². The first-order valence-corrected chi connectivity index (χ1v) is 8.16. The SMILES string of the molecule is CCC(C)(C)C(OC)OC1(C)CC2CC(O)CC(C2)C1. The maximum atomic E-state index is 9.92. The average molecular weight is 284 g/mol. The maximum absolute atomic E-state index is 9.92. The molecule has 3 unspecified atom stereocenters. The van der Waals surface area contributed by atoms with E-state index >= 15 is 0 Å². The number of methoxy groups -OCH3 is 1. The summed E-state index contributed by atoms with van der Waals surface area (Å²) in [5, 5.41) is 9.92. The molecule has 0 radical (unpaired) electrons. The molecule has 2 aliphatic rings. The van der Waals surface area contributed by atoms with Crippen LogP contribution in [-0.4, -0.2) is 30.2 Å². The van der Waals surface area contributed by atoms with Gasteiger partial charge < -0.3 is 14.6 Å². The van der Waals surface area contributed by atoms with Gasteiger partial charge in [-0.05, 0) is 57.3 Å². The lowest BCUT2D eigenvalue weighted by Crippen LogP contribution is -2.48. The minimum absolute atomic E-state index is 0.0316. The standard InChI is InChI=1S/C17H32O3/c1-6-16(2,3)15(19-5)20-17(4)10-12-7-13(11-17)9-14(18)8-12/h12-15,18H,6-11H2,1-5H3. The Balaban J connectivity index is 2.04. The van der Waals surface area contributed by atoms with E-state index in [0.29, 0.717) is 11.8 Å². The van der Waals surface area contributed by atoms with Gasteiger partial charge in [0, 0.05) is 12.5 Å². The number of rotatable bonds is 5. The Morgan fingerprint density at radius 3 is 2.20 bits per heavy atom. The Bertz CT molecular complexity index is 308. The lowest BCUT2D eigenvalue weighted by Gasteiger charge is -2.49. The van der Waals surface area contributed by atoms with Crippen LogP contribution in [0.5, 0.6) is 0 Å². The van der Waals surface area contributed by atoms with Crippen LogP contribution in [-0.2, 0) is 9.47 Å². The summed E-state index contributed by atoms with van der Waals surface area (Å²) < 4.78 is 12.1.